The van der Waals surface area contributed by atoms with Crippen LogP contribution < -0.4 is 5.32 Å². The van der Waals surface area contributed by atoms with Gasteiger partial charge in [-0.05, 0) is 87.0 Å². The van der Waals surface area contributed by atoms with Gasteiger partial charge in [-0.1, -0.05) is 35.9 Å². The third-order valence-corrected chi connectivity index (χ3v) is 9.75. The molecule has 9 heteroatoms. The first-order chi connectivity index (χ1) is 18.1. The van der Waals surface area contributed by atoms with Crippen molar-refractivity contribution in [3.63, 3.8) is 0 Å². The van der Waals surface area contributed by atoms with E-state index in [0.717, 1.165) is 75.8 Å². The topological polar surface area (TPSA) is 86.8 Å². The summed E-state index contributed by atoms with van der Waals surface area (Å²) in [7, 11) is -3.23. The average Bonchev–Trinajstić information content (AvgIpc) is 3.71. The van der Waals surface area contributed by atoms with Gasteiger partial charge in [0.05, 0.1) is 16.4 Å². The van der Waals surface area contributed by atoms with Crippen LogP contribution >= 0.6 is 11.6 Å². The average molecular weight is 558 g/mol. The van der Waals surface area contributed by atoms with Crippen LogP contribution in [0.15, 0.2) is 53.4 Å². The number of rotatable bonds is 9. The molecule has 7 nitrogen and oxygen atoms in total. The van der Waals surface area contributed by atoms with E-state index in [1.165, 1.54) is 6.26 Å². The molecule has 1 spiro atoms. The van der Waals surface area contributed by atoms with E-state index in [1.807, 2.05) is 29.2 Å². The van der Waals surface area contributed by atoms with E-state index in [0.29, 0.717) is 16.5 Å². The molecule has 2 saturated heterocycles. The first-order valence-electron chi connectivity index (χ1n) is 13.5. The van der Waals surface area contributed by atoms with Crippen LogP contribution in [0.1, 0.15) is 55.7 Å². The summed E-state index contributed by atoms with van der Waals surface area (Å²) in [6.45, 7) is 3.82. The molecule has 0 bridgehead atoms. The number of hydrogen-bond donors (Lipinski definition) is 1. The van der Waals surface area contributed by atoms with Crippen LogP contribution in [0.25, 0.3) is 0 Å². The first-order valence-corrected chi connectivity index (χ1v) is 15.8. The minimum atomic E-state index is -3.23. The fourth-order valence-corrected chi connectivity index (χ4v) is 6.60. The highest BCUT2D eigenvalue weighted by molar-refractivity contribution is 7.90. The highest BCUT2D eigenvalue weighted by atomic mass is 35.5. The maximum absolute atomic E-state index is 13.4. The molecule has 1 N–H and O–H groups in total. The Labute approximate surface area is 230 Å². The lowest BCUT2D eigenvalue weighted by Gasteiger charge is -2.38. The second kappa shape index (κ2) is 11.0. The number of benzene rings is 2. The molecular formula is C29H36ClN3O4S. The van der Waals surface area contributed by atoms with Crippen molar-refractivity contribution in [3.05, 3.63) is 64.7 Å². The number of amides is 2. The summed E-state index contributed by atoms with van der Waals surface area (Å²) in [6, 6.07) is 14.5. The summed E-state index contributed by atoms with van der Waals surface area (Å²) >= 11 is 6.24. The maximum Gasteiger partial charge on any atom is 0.229 e. The smallest absolute Gasteiger partial charge is 0.229 e. The minimum Gasteiger partial charge on any atom is -0.349 e. The van der Waals surface area contributed by atoms with Gasteiger partial charge in [-0.15, -0.1) is 0 Å². The molecule has 3 fully saturated rings. The quantitative estimate of drug-likeness (QED) is 0.499. The third kappa shape index (κ3) is 6.24. The largest absolute Gasteiger partial charge is 0.349 e. The fraction of sp³-hybridized carbons (Fsp3) is 0.517. The van der Waals surface area contributed by atoms with Crippen molar-refractivity contribution < 1.29 is 18.0 Å². The lowest BCUT2D eigenvalue weighted by molar-refractivity contribution is -0.139. The molecule has 2 aromatic carbocycles. The van der Waals surface area contributed by atoms with Crippen LogP contribution in [0, 0.1) is 11.3 Å². The Morgan fingerprint density at radius 2 is 1.76 bits per heavy atom. The summed E-state index contributed by atoms with van der Waals surface area (Å²) in [5.74, 6) is 0.508. The van der Waals surface area contributed by atoms with Crippen LogP contribution in [0.2, 0.25) is 5.02 Å². The van der Waals surface area contributed by atoms with E-state index in [2.05, 4.69) is 10.2 Å². The molecule has 3 aliphatic rings. The van der Waals surface area contributed by atoms with Gasteiger partial charge in [-0.3, -0.25) is 9.59 Å². The Hall–Kier alpha value is -2.42. The molecule has 1 atom stereocenters. The number of nitrogens with zero attached hydrogens (tertiary/aromatic N) is 2. The van der Waals surface area contributed by atoms with Crippen molar-refractivity contribution in [1.29, 1.82) is 0 Å². The SMILES string of the molecule is CS(=O)(=O)c1ccc(CN2CCC3(CCN(CCC(NC(=O)C4CC4)c4cccc(Cl)c4)CC3)C2=O)cc1. The standard InChI is InChI=1S/C29H36ClN3O4S/c1-38(36,37)25-9-5-21(6-10-25)20-33-18-14-29(28(33)35)12-16-32(17-13-29)15-11-26(31-27(34)22-7-8-22)23-3-2-4-24(30)19-23/h2-6,9-10,19,22,26H,7-8,11-18,20H2,1H3,(H,31,34). The van der Waals surface area contributed by atoms with Gasteiger partial charge in [0.25, 0.3) is 0 Å². The maximum atomic E-state index is 13.4. The van der Waals surface area contributed by atoms with E-state index in [9.17, 15) is 18.0 Å². The predicted octanol–water partition coefficient (Wildman–Crippen LogP) is 4.22. The Morgan fingerprint density at radius 1 is 1.08 bits per heavy atom. The molecule has 1 saturated carbocycles. The number of nitrogens with one attached hydrogen (secondary N) is 1. The zero-order valence-corrected chi connectivity index (χ0v) is 23.4. The van der Waals surface area contributed by atoms with Crippen LogP contribution in [-0.2, 0) is 26.0 Å². The van der Waals surface area contributed by atoms with Gasteiger partial charge in [0.2, 0.25) is 11.8 Å². The molecule has 5 rings (SSSR count). The van der Waals surface area contributed by atoms with Crippen molar-refractivity contribution in [2.24, 2.45) is 11.3 Å². The molecule has 0 aromatic heterocycles. The monoisotopic (exact) mass is 557 g/mol. The third-order valence-electron chi connectivity index (χ3n) is 8.39. The van der Waals surface area contributed by atoms with Crippen LogP contribution in [-0.4, -0.2) is 62.5 Å². The number of carbonyl (C=O) groups is 2. The summed E-state index contributed by atoms with van der Waals surface area (Å²) in [5.41, 5.74) is 1.68. The predicted molar refractivity (Wildman–Crippen MR) is 147 cm³/mol. The molecule has 1 unspecified atom stereocenters. The van der Waals surface area contributed by atoms with Gasteiger partial charge in [0.1, 0.15) is 0 Å². The molecule has 2 amide bonds. The van der Waals surface area contributed by atoms with Gasteiger partial charge in [-0.25, -0.2) is 8.42 Å². The van der Waals surface area contributed by atoms with Crippen molar-refractivity contribution in [2.45, 2.75) is 56.0 Å². The zero-order chi connectivity index (χ0) is 26.9. The van der Waals surface area contributed by atoms with Crippen LogP contribution in [0.4, 0.5) is 0 Å². The van der Waals surface area contributed by atoms with Gasteiger partial charge >= 0.3 is 0 Å². The Balaban J connectivity index is 1.15. The Kier molecular flexibility index (Phi) is 7.85. The highest BCUT2D eigenvalue weighted by Gasteiger charge is 2.47. The molecule has 2 aliphatic heterocycles. The lowest BCUT2D eigenvalue weighted by atomic mass is 9.77. The van der Waals surface area contributed by atoms with E-state index in [-0.39, 0.29) is 29.2 Å². The highest BCUT2D eigenvalue weighted by Crippen LogP contribution is 2.42. The number of carbonyl (C=O) groups excluding carboxylic acids is 2. The second-order valence-electron chi connectivity index (χ2n) is 11.2. The summed E-state index contributed by atoms with van der Waals surface area (Å²) in [6.07, 6.45) is 6.48. The molecular weight excluding hydrogens is 522 g/mol. The van der Waals surface area contributed by atoms with Crippen molar-refractivity contribution >= 4 is 33.3 Å². The van der Waals surface area contributed by atoms with Crippen molar-refractivity contribution in [3.8, 4) is 0 Å². The van der Waals surface area contributed by atoms with Gasteiger partial charge in [-0.2, -0.15) is 0 Å². The summed E-state index contributed by atoms with van der Waals surface area (Å²) < 4.78 is 23.4. The first kappa shape index (κ1) is 27.2. The summed E-state index contributed by atoms with van der Waals surface area (Å²) in [4.78, 5) is 30.6. The van der Waals surface area contributed by atoms with Gasteiger partial charge < -0.3 is 15.1 Å². The van der Waals surface area contributed by atoms with Gasteiger partial charge in [0, 0.05) is 36.8 Å². The Morgan fingerprint density at radius 3 is 2.39 bits per heavy atom. The number of hydrogen-bond acceptors (Lipinski definition) is 5. The van der Waals surface area contributed by atoms with Crippen LogP contribution in [0.5, 0.6) is 0 Å². The summed E-state index contributed by atoms with van der Waals surface area (Å²) in [5, 5.41) is 3.91. The molecule has 2 heterocycles. The van der Waals surface area contributed by atoms with Crippen molar-refractivity contribution in [1.82, 2.24) is 15.1 Å². The number of halogens is 1. The van der Waals surface area contributed by atoms with E-state index >= 15 is 0 Å². The number of sulfone groups is 1. The fourth-order valence-electron chi connectivity index (χ4n) is 5.77. The molecule has 38 heavy (non-hydrogen) atoms. The van der Waals surface area contributed by atoms with Crippen LogP contribution in [0.3, 0.4) is 0 Å². The Bertz CT molecular complexity index is 1290. The number of likely N-dealkylation sites (tertiary alicyclic amines) is 2. The second-order valence-corrected chi connectivity index (χ2v) is 13.6. The number of piperidine rings is 1. The minimum absolute atomic E-state index is 0.0737. The van der Waals surface area contributed by atoms with Gasteiger partial charge in [0.15, 0.2) is 9.84 Å². The normalized spacial score (nSPS) is 20.6. The molecule has 0 radical (unpaired) electrons. The molecule has 1 aliphatic carbocycles. The van der Waals surface area contributed by atoms with E-state index in [1.54, 1.807) is 24.3 Å². The van der Waals surface area contributed by atoms with Crippen molar-refractivity contribution in [2.75, 3.05) is 32.4 Å². The van der Waals surface area contributed by atoms with E-state index in [4.69, 9.17) is 11.6 Å². The molecule has 204 valence electrons. The zero-order valence-electron chi connectivity index (χ0n) is 21.9. The lowest BCUT2D eigenvalue weighted by Crippen LogP contribution is -2.45. The van der Waals surface area contributed by atoms with E-state index < -0.39 is 9.84 Å². The molecule has 2 aromatic rings.